The first-order valence-electron chi connectivity index (χ1n) is 7.79. The van der Waals surface area contributed by atoms with Crippen molar-refractivity contribution >= 4 is 0 Å². The Morgan fingerprint density at radius 1 is 1.35 bits per heavy atom. The monoisotopic (exact) mass is 276 g/mol. The van der Waals surface area contributed by atoms with Crippen LogP contribution in [0.4, 0.5) is 0 Å². The van der Waals surface area contributed by atoms with Crippen LogP contribution in [0.25, 0.3) is 0 Å². The van der Waals surface area contributed by atoms with Crippen LogP contribution in [0.2, 0.25) is 0 Å². The number of nitrogens with one attached hydrogen (secondary N) is 1. The number of rotatable bonds is 8. The van der Waals surface area contributed by atoms with E-state index in [1.807, 2.05) is 0 Å². The summed E-state index contributed by atoms with van der Waals surface area (Å²) in [5, 5.41) is 3.72. The Morgan fingerprint density at radius 2 is 2.15 bits per heavy atom. The molecule has 2 unspecified atom stereocenters. The Morgan fingerprint density at radius 3 is 2.90 bits per heavy atom. The molecule has 0 amide bonds. The molecule has 1 aromatic carbocycles. The second-order valence-corrected chi connectivity index (χ2v) is 5.87. The third-order valence-corrected chi connectivity index (χ3v) is 4.11. The summed E-state index contributed by atoms with van der Waals surface area (Å²) in [6.07, 6.45) is 3.52. The molecule has 1 N–H and O–H groups in total. The van der Waals surface area contributed by atoms with Crippen molar-refractivity contribution in [2.24, 2.45) is 0 Å². The van der Waals surface area contributed by atoms with E-state index < -0.39 is 0 Å². The molecule has 0 bridgehead atoms. The van der Waals surface area contributed by atoms with Gasteiger partial charge in [-0.15, -0.1) is 0 Å². The van der Waals surface area contributed by atoms with Gasteiger partial charge in [0.15, 0.2) is 0 Å². The van der Waals surface area contributed by atoms with E-state index in [2.05, 4.69) is 47.5 Å². The minimum atomic E-state index is 0.550. The quantitative estimate of drug-likeness (QED) is 0.788. The van der Waals surface area contributed by atoms with Gasteiger partial charge in [0.25, 0.3) is 0 Å². The average Bonchev–Trinajstić information content (AvgIpc) is 2.91. The number of ether oxygens (including phenoxy) is 1. The van der Waals surface area contributed by atoms with Crippen molar-refractivity contribution in [3.05, 3.63) is 35.9 Å². The molecular weight excluding hydrogens is 248 g/mol. The maximum absolute atomic E-state index is 5.14. The predicted molar refractivity (Wildman–Crippen MR) is 84.1 cm³/mol. The first-order valence-corrected chi connectivity index (χ1v) is 7.79. The fourth-order valence-corrected chi connectivity index (χ4v) is 2.88. The van der Waals surface area contributed by atoms with Crippen LogP contribution >= 0.6 is 0 Å². The van der Waals surface area contributed by atoms with Crippen LogP contribution in [0.15, 0.2) is 30.3 Å². The molecule has 0 aliphatic carbocycles. The van der Waals surface area contributed by atoms with Crippen LogP contribution in [-0.4, -0.2) is 50.3 Å². The normalized spacial score (nSPS) is 21.2. The summed E-state index contributed by atoms with van der Waals surface area (Å²) < 4.78 is 5.14. The lowest BCUT2D eigenvalue weighted by Crippen LogP contribution is -2.39. The number of hydrogen-bond acceptors (Lipinski definition) is 3. The molecule has 0 saturated carbocycles. The Bertz CT molecular complexity index is 369. The largest absolute Gasteiger partial charge is 0.385 e. The second kappa shape index (κ2) is 8.40. The Labute approximate surface area is 123 Å². The SMILES string of the molecule is COCCC(C)NC1CCN(CCc2ccccc2)C1. The van der Waals surface area contributed by atoms with Crippen LogP contribution in [0.1, 0.15) is 25.3 Å². The fraction of sp³-hybridized carbons (Fsp3) is 0.647. The van der Waals surface area contributed by atoms with E-state index in [0.29, 0.717) is 12.1 Å². The lowest BCUT2D eigenvalue weighted by atomic mass is 10.1. The zero-order valence-electron chi connectivity index (χ0n) is 12.8. The first-order chi connectivity index (χ1) is 9.78. The molecule has 1 saturated heterocycles. The summed E-state index contributed by atoms with van der Waals surface area (Å²) >= 11 is 0. The van der Waals surface area contributed by atoms with Gasteiger partial charge in [0.05, 0.1) is 0 Å². The molecule has 1 aliphatic rings. The number of likely N-dealkylation sites (tertiary alicyclic amines) is 1. The zero-order chi connectivity index (χ0) is 14.2. The summed E-state index contributed by atoms with van der Waals surface area (Å²) in [4.78, 5) is 2.58. The van der Waals surface area contributed by atoms with E-state index in [1.54, 1.807) is 7.11 Å². The molecule has 0 aromatic heterocycles. The van der Waals surface area contributed by atoms with Crippen molar-refractivity contribution in [1.29, 1.82) is 0 Å². The van der Waals surface area contributed by atoms with Crippen LogP contribution in [0, 0.1) is 0 Å². The van der Waals surface area contributed by atoms with E-state index in [1.165, 1.54) is 31.6 Å². The topological polar surface area (TPSA) is 24.5 Å². The Hall–Kier alpha value is -0.900. The van der Waals surface area contributed by atoms with Gasteiger partial charge in [-0.05, 0) is 38.3 Å². The number of nitrogens with zero attached hydrogens (tertiary/aromatic N) is 1. The lowest BCUT2D eigenvalue weighted by molar-refractivity contribution is 0.182. The van der Waals surface area contributed by atoms with E-state index in [0.717, 1.165) is 19.4 Å². The Balaban J connectivity index is 1.65. The van der Waals surface area contributed by atoms with Crippen LogP contribution in [0.3, 0.4) is 0 Å². The van der Waals surface area contributed by atoms with Crippen molar-refractivity contribution in [1.82, 2.24) is 10.2 Å². The van der Waals surface area contributed by atoms with Crippen molar-refractivity contribution in [2.45, 2.75) is 38.3 Å². The Kier molecular flexibility index (Phi) is 6.51. The van der Waals surface area contributed by atoms with Gasteiger partial charge < -0.3 is 15.0 Å². The number of benzene rings is 1. The summed E-state index contributed by atoms with van der Waals surface area (Å²) in [7, 11) is 1.77. The highest BCUT2D eigenvalue weighted by Crippen LogP contribution is 2.11. The van der Waals surface area contributed by atoms with Gasteiger partial charge in [0, 0.05) is 38.9 Å². The van der Waals surface area contributed by atoms with Gasteiger partial charge in [-0.2, -0.15) is 0 Å². The third-order valence-electron chi connectivity index (χ3n) is 4.11. The van der Waals surface area contributed by atoms with Crippen molar-refractivity contribution in [3.63, 3.8) is 0 Å². The molecule has 3 nitrogen and oxygen atoms in total. The molecule has 1 aliphatic heterocycles. The molecule has 20 heavy (non-hydrogen) atoms. The van der Waals surface area contributed by atoms with E-state index in [4.69, 9.17) is 4.74 Å². The van der Waals surface area contributed by atoms with Crippen molar-refractivity contribution in [2.75, 3.05) is 33.4 Å². The van der Waals surface area contributed by atoms with Crippen LogP contribution < -0.4 is 5.32 Å². The minimum absolute atomic E-state index is 0.550. The van der Waals surface area contributed by atoms with Crippen LogP contribution in [0.5, 0.6) is 0 Å². The highest BCUT2D eigenvalue weighted by molar-refractivity contribution is 5.14. The van der Waals surface area contributed by atoms with Gasteiger partial charge in [0.2, 0.25) is 0 Å². The lowest BCUT2D eigenvalue weighted by Gasteiger charge is -2.20. The second-order valence-electron chi connectivity index (χ2n) is 5.87. The van der Waals surface area contributed by atoms with Crippen LogP contribution in [-0.2, 0) is 11.2 Å². The minimum Gasteiger partial charge on any atom is -0.385 e. The summed E-state index contributed by atoms with van der Waals surface area (Å²) in [5.74, 6) is 0. The van der Waals surface area contributed by atoms with Crippen molar-refractivity contribution < 1.29 is 4.74 Å². The first kappa shape index (κ1) is 15.5. The summed E-state index contributed by atoms with van der Waals surface area (Å²) in [6, 6.07) is 12.0. The molecule has 1 aromatic rings. The number of hydrogen-bond donors (Lipinski definition) is 1. The molecule has 3 heteroatoms. The maximum atomic E-state index is 5.14. The van der Waals surface area contributed by atoms with Gasteiger partial charge in [-0.25, -0.2) is 0 Å². The summed E-state index contributed by atoms with van der Waals surface area (Å²) in [5.41, 5.74) is 1.44. The summed E-state index contributed by atoms with van der Waals surface area (Å²) in [6.45, 7) is 6.69. The average molecular weight is 276 g/mol. The molecular formula is C17H28N2O. The fourth-order valence-electron chi connectivity index (χ4n) is 2.88. The molecule has 1 fully saturated rings. The predicted octanol–water partition coefficient (Wildman–Crippen LogP) is 2.32. The van der Waals surface area contributed by atoms with Gasteiger partial charge in [-0.3, -0.25) is 0 Å². The molecule has 2 atom stereocenters. The van der Waals surface area contributed by atoms with Crippen molar-refractivity contribution in [3.8, 4) is 0 Å². The highest BCUT2D eigenvalue weighted by atomic mass is 16.5. The van der Waals surface area contributed by atoms with Gasteiger partial charge in [0.1, 0.15) is 0 Å². The van der Waals surface area contributed by atoms with Gasteiger partial charge >= 0.3 is 0 Å². The van der Waals surface area contributed by atoms with E-state index in [-0.39, 0.29) is 0 Å². The zero-order valence-corrected chi connectivity index (χ0v) is 12.8. The van der Waals surface area contributed by atoms with E-state index >= 15 is 0 Å². The van der Waals surface area contributed by atoms with E-state index in [9.17, 15) is 0 Å². The molecule has 0 spiro atoms. The maximum Gasteiger partial charge on any atom is 0.0476 e. The number of methoxy groups -OCH3 is 1. The molecule has 112 valence electrons. The molecule has 1 heterocycles. The smallest absolute Gasteiger partial charge is 0.0476 e. The molecule has 0 radical (unpaired) electrons. The third kappa shape index (κ3) is 5.23. The highest BCUT2D eigenvalue weighted by Gasteiger charge is 2.22. The molecule has 2 rings (SSSR count). The van der Waals surface area contributed by atoms with Gasteiger partial charge in [-0.1, -0.05) is 30.3 Å². The standard InChI is InChI=1S/C17H28N2O/c1-15(10-13-20-2)18-17-9-12-19(14-17)11-8-16-6-4-3-5-7-16/h3-7,15,17-18H,8-14H2,1-2H3.